The number of nitrogens with zero attached hydrogens (tertiary/aromatic N) is 2. The molecular formula is C34H56Br2N2. The van der Waals surface area contributed by atoms with E-state index in [0.29, 0.717) is 11.8 Å². The van der Waals surface area contributed by atoms with Crippen molar-refractivity contribution < 1.29 is 43.1 Å². The molecule has 2 nitrogen and oxygen atoms in total. The summed E-state index contributed by atoms with van der Waals surface area (Å²) in [5.41, 5.74) is 6.18. The van der Waals surface area contributed by atoms with E-state index in [1.54, 1.807) is 11.4 Å². The van der Waals surface area contributed by atoms with Gasteiger partial charge in [-0.1, -0.05) is 88.4 Å². The summed E-state index contributed by atoms with van der Waals surface area (Å²) < 4.78 is 5.08. The zero-order valence-electron chi connectivity index (χ0n) is 25.6. The molecule has 0 N–H and O–H groups in total. The number of hydrogen-bond donors (Lipinski definition) is 0. The van der Waals surface area contributed by atoms with Gasteiger partial charge in [0.05, 0.1) is 0 Å². The van der Waals surface area contributed by atoms with Crippen LogP contribution in [0.1, 0.15) is 92.2 Å². The van der Waals surface area contributed by atoms with Crippen LogP contribution >= 0.6 is 0 Å². The summed E-state index contributed by atoms with van der Waals surface area (Å²) >= 11 is 0. The average molecular weight is 653 g/mol. The van der Waals surface area contributed by atoms with Gasteiger partial charge in [-0.25, -0.2) is 9.15 Å². The van der Waals surface area contributed by atoms with Crippen LogP contribution in [0.5, 0.6) is 0 Å². The molecule has 0 aliphatic rings. The van der Waals surface area contributed by atoms with Gasteiger partial charge in [-0.3, -0.25) is 0 Å². The molecule has 216 valence electrons. The smallest absolute Gasteiger partial charge is 0.155 e. The molecule has 2 aromatic carbocycles. The van der Waals surface area contributed by atoms with Crippen LogP contribution in [0.15, 0.2) is 60.7 Å². The highest BCUT2D eigenvalue weighted by Gasteiger charge is 2.22. The van der Waals surface area contributed by atoms with Crippen LogP contribution in [0, 0.1) is 11.8 Å². The lowest BCUT2D eigenvalue weighted by molar-refractivity contribution is -0.524. The molecule has 0 aliphatic heterocycles. The highest BCUT2D eigenvalue weighted by Crippen LogP contribution is 2.17. The molecule has 0 saturated carbocycles. The molecule has 2 unspecified atom stereocenters. The first-order valence-corrected chi connectivity index (χ1v) is 14.8. The van der Waals surface area contributed by atoms with Crippen LogP contribution in [0.25, 0.3) is 0 Å². The Hall–Kier alpha value is -1.26. The molecule has 4 heteroatoms. The van der Waals surface area contributed by atoms with Crippen molar-refractivity contribution >= 4 is 11.4 Å². The lowest BCUT2D eigenvalue weighted by Crippen LogP contribution is -3.00. The summed E-state index contributed by atoms with van der Waals surface area (Å²) in [6.45, 7) is 22.8. The van der Waals surface area contributed by atoms with Gasteiger partial charge in [0.1, 0.15) is 26.2 Å². The fourth-order valence-electron chi connectivity index (χ4n) is 5.59. The molecule has 0 fully saturated rings. The topological polar surface area (TPSA) is 6.02 Å². The molecule has 2 rings (SSSR count). The van der Waals surface area contributed by atoms with Gasteiger partial charge in [0.15, 0.2) is 11.4 Å². The van der Waals surface area contributed by atoms with Crippen molar-refractivity contribution in [2.24, 2.45) is 11.8 Å². The minimum Gasteiger partial charge on any atom is -1.00 e. The lowest BCUT2D eigenvalue weighted by Gasteiger charge is -2.16. The largest absolute Gasteiger partial charge is 1.00 e. The molecule has 0 spiro atoms. The van der Waals surface area contributed by atoms with Gasteiger partial charge in [-0.05, 0) is 64.5 Å². The zero-order valence-corrected chi connectivity index (χ0v) is 28.8. The second kappa shape index (κ2) is 23.6. The third-order valence-electron chi connectivity index (χ3n) is 7.64. The predicted octanol–water partition coefficient (Wildman–Crippen LogP) is 2.33. The average Bonchev–Trinajstić information content (AvgIpc) is 2.94. The molecule has 2 atom stereocenters. The molecule has 2 aromatic rings. The van der Waals surface area contributed by atoms with Crippen molar-refractivity contribution in [3.63, 3.8) is 0 Å². The summed E-state index contributed by atoms with van der Waals surface area (Å²) in [7, 11) is 0. The van der Waals surface area contributed by atoms with Crippen LogP contribution in [-0.4, -0.2) is 46.8 Å². The van der Waals surface area contributed by atoms with Crippen LogP contribution < -0.4 is 34.0 Å². The van der Waals surface area contributed by atoms with Crippen LogP contribution in [0.4, 0.5) is 0 Å². The van der Waals surface area contributed by atoms with Crippen LogP contribution in [0.3, 0.4) is 0 Å². The quantitative estimate of drug-likeness (QED) is 0.219. The van der Waals surface area contributed by atoms with Gasteiger partial charge in [0, 0.05) is 24.7 Å². The number of benzene rings is 2. The van der Waals surface area contributed by atoms with E-state index in [-0.39, 0.29) is 34.0 Å². The van der Waals surface area contributed by atoms with Gasteiger partial charge in [-0.15, -0.1) is 0 Å². The van der Waals surface area contributed by atoms with Crippen molar-refractivity contribution in [2.75, 3.05) is 26.2 Å². The maximum Gasteiger partial charge on any atom is 0.155 e. The van der Waals surface area contributed by atoms with E-state index in [4.69, 9.17) is 0 Å². The highest BCUT2D eigenvalue weighted by molar-refractivity contribution is 5.82. The monoisotopic (exact) mass is 650 g/mol. The summed E-state index contributed by atoms with van der Waals surface area (Å²) in [5, 5.41) is 0. The first-order chi connectivity index (χ1) is 17.5. The number of halogens is 2. The van der Waals surface area contributed by atoms with Crippen molar-refractivity contribution in [1.29, 1.82) is 0 Å². The molecule has 0 amide bonds. The first-order valence-electron chi connectivity index (χ1n) is 14.8. The Balaban J connectivity index is 0. The van der Waals surface area contributed by atoms with Crippen molar-refractivity contribution in [3.8, 4) is 0 Å². The lowest BCUT2D eigenvalue weighted by atomic mass is 9.90. The Morgan fingerprint density at radius 1 is 0.500 bits per heavy atom. The molecule has 0 aromatic heterocycles. The Labute approximate surface area is 257 Å². The van der Waals surface area contributed by atoms with E-state index < -0.39 is 0 Å². The van der Waals surface area contributed by atoms with E-state index in [9.17, 15) is 0 Å². The Kier molecular flexibility index (Phi) is 24.2. The summed E-state index contributed by atoms with van der Waals surface area (Å²) in [6, 6.07) is 21.8. The maximum atomic E-state index is 2.54. The minimum atomic E-state index is 0. The standard InChI is InChI=1S/2C17H28N.2BrH/c2*1-5-16(14-15-12-10-9-11-13-15)17(6-2)18(7-3)8-4;;/h2*9-13,16H,5-8,14H2,1-4H3;2*1H/q2*+1;;/p-2. The highest BCUT2D eigenvalue weighted by atomic mass is 79.9. The predicted molar refractivity (Wildman–Crippen MR) is 161 cm³/mol. The summed E-state index contributed by atoms with van der Waals surface area (Å²) in [5.74, 6) is 1.38. The molecule has 0 saturated heterocycles. The van der Waals surface area contributed by atoms with E-state index in [2.05, 4.69) is 125 Å². The SMILES string of the molecule is CCC(C(CC)Cc1ccccc1)=[N+](CC)CC.CCC(C(CC)Cc1ccccc1)=[N+](CC)CC.[Br-].[Br-]. The second-order valence-electron chi connectivity index (χ2n) is 9.62. The van der Waals surface area contributed by atoms with Crippen LogP contribution in [-0.2, 0) is 12.8 Å². The Morgan fingerprint density at radius 2 is 0.789 bits per heavy atom. The fraction of sp³-hybridized carbons (Fsp3) is 0.588. The van der Waals surface area contributed by atoms with E-state index in [1.165, 1.54) is 49.7 Å². The third-order valence-corrected chi connectivity index (χ3v) is 7.64. The van der Waals surface area contributed by atoms with E-state index in [0.717, 1.165) is 26.2 Å². The van der Waals surface area contributed by atoms with E-state index in [1.807, 2.05) is 0 Å². The second-order valence-corrected chi connectivity index (χ2v) is 9.62. The van der Waals surface area contributed by atoms with Crippen molar-refractivity contribution in [3.05, 3.63) is 71.8 Å². The van der Waals surface area contributed by atoms with Gasteiger partial charge < -0.3 is 34.0 Å². The Morgan fingerprint density at radius 3 is 1.00 bits per heavy atom. The Bertz CT molecular complexity index is 804. The fourth-order valence-corrected chi connectivity index (χ4v) is 5.59. The van der Waals surface area contributed by atoms with Gasteiger partial charge in [-0.2, -0.15) is 0 Å². The van der Waals surface area contributed by atoms with Gasteiger partial charge in [0.25, 0.3) is 0 Å². The third kappa shape index (κ3) is 13.2. The molecule has 0 radical (unpaired) electrons. The van der Waals surface area contributed by atoms with Gasteiger partial charge in [0.2, 0.25) is 0 Å². The number of rotatable bonds is 14. The minimum absolute atomic E-state index is 0. The molecule has 0 heterocycles. The first kappa shape index (κ1) is 38.9. The molecular weight excluding hydrogens is 596 g/mol. The van der Waals surface area contributed by atoms with E-state index >= 15 is 0 Å². The van der Waals surface area contributed by atoms with Crippen molar-refractivity contribution in [2.45, 2.75) is 93.9 Å². The molecule has 0 aliphatic carbocycles. The van der Waals surface area contributed by atoms with Crippen molar-refractivity contribution in [1.82, 2.24) is 0 Å². The maximum absolute atomic E-state index is 2.54. The molecule has 38 heavy (non-hydrogen) atoms. The summed E-state index contributed by atoms with van der Waals surface area (Å²) in [6.07, 6.45) is 7.16. The molecule has 0 bridgehead atoms. The summed E-state index contributed by atoms with van der Waals surface area (Å²) in [4.78, 5) is 0. The van der Waals surface area contributed by atoms with Crippen LogP contribution in [0.2, 0.25) is 0 Å². The zero-order chi connectivity index (χ0) is 26.8. The normalized spacial score (nSPS) is 11.6. The number of hydrogen-bond acceptors (Lipinski definition) is 0. The van der Waals surface area contributed by atoms with Gasteiger partial charge >= 0.3 is 0 Å².